The van der Waals surface area contributed by atoms with Crippen molar-refractivity contribution in [2.24, 2.45) is 0 Å². The van der Waals surface area contributed by atoms with Crippen LogP contribution < -0.4 is 10.5 Å². The van der Waals surface area contributed by atoms with Gasteiger partial charge in [0.25, 0.3) is 0 Å². The first-order valence-electron chi connectivity index (χ1n) is 5.98. The summed E-state index contributed by atoms with van der Waals surface area (Å²) in [7, 11) is 0. The van der Waals surface area contributed by atoms with E-state index in [1.807, 2.05) is 24.3 Å². The van der Waals surface area contributed by atoms with Crippen LogP contribution in [-0.4, -0.2) is 6.10 Å². The lowest BCUT2D eigenvalue weighted by Crippen LogP contribution is -2.05. The summed E-state index contributed by atoms with van der Waals surface area (Å²) in [5.74, 6) is 0.984. The van der Waals surface area contributed by atoms with E-state index in [4.69, 9.17) is 22.1 Å². The first-order valence-corrected chi connectivity index (χ1v) is 6.36. The van der Waals surface area contributed by atoms with E-state index in [0.29, 0.717) is 10.7 Å². The Hall–Kier alpha value is -1.67. The molecule has 1 aliphatic heterocycles. The quantitative estimate of drug-likeness (QED) is 0.788. The number of anilines is 1. The van der Waals surface area contributed by atoms with Gasteiger partial charge in [-0.15, -0.1) is 0 Å². The van der Waals surface area contributed by atoms with Crippen molar-refractivity contribution in [1.29, 1.82) is 0 Å². The molecule has 1 unspecified atom stereocenters. The van der Waals surface area contributed by atoms with Gasteiger partial charge >= 0.3 is 0 Å². The lowest BCUT2D eigenvalue weighted by atomic mass is 10.0. The fraction of sp³-hybridized carbons (Fsp3) is 0.200. The Balaban J connectivity index is 2.05. The first kappa shape index (κ1) is 11.4. The molecule has 0 aliphatic carbocycles. The number of nitrogen functional groups attached to an aromatic ring is 1. The summed E-state index contributed by atoms with van der Waals surface area (Å²) in [6.45, 7) is 2.08. The SMILES string of the molecule is CC1Cc2cc(-c3ccc(N)cc3Cl)ccc2O1. The van der Waals surface area contributed by atoms with Crippen molar-refractivity contribution < 1.29 is 4.74 Å². The summed E-state index contributed by atoms with van der Waals surface area (Å²) >= 11 is 6.23. The highest BCUT2D eigenvalue weighted by Crippen LogP contribution is 2.35. The van der Waals surface area contributed by atoms with Gasteiger partial charge in [-0.2, -0.15) is 0 Å². The second-order valence-corrected chi connectivity index (χ2v) is 5.10. The lowest BCUT2D eigenvalue weighted by molar-refractivity contribution is 0.254. The predicted octanol–water partition coefficient (Wildman–Crippen LogP) is 3.91. The fourth-order valence-electron chi connectivity index (χ4n) is 2.36. The molecule has 0 bridgehead atoms. The van der Waals surface area contributed by atoms with E-state index in [-0.39, 0.29) is 6.10 Å². The molecule has 0 fully saturated rings. The van der Waals surface area contributed by atoms with Gasteiger partial charge in [0.15, 0.2) is 0 Å². The zero-order valence-corrected chi connectivity index (χ0v) is 10.9. The molecule has 2 N–H and O–H groups in total. The van der Waals surface area contributed by atoms with Crippen molar-refractivity contribution >= 4 is 17.3 Å². The van der Waals surface area contributed by atoms with Crippen LogP contribution in [0.5, 0.6) is 5.75 Å². The minimum absolute atomic E-state index is 0.261. The van der Waals surface area contributed by atoms with Crippen LogP contribution in [0.4, 0.5) is 5.69 Å². The highest BCUT2D eigenvalue weighted by atomic mass is 35.5. The van der Waals surface area contributed by atoms with E-state index in [1.165, 1.54) is 5.56 Å². The van der Waals surface area contributed by atoms with E-state index >= 15 is 0 Å². The number of hydrogen-bond donors (Lipinski definition) is 1. The zero-order chi connectivity index (χ0) is 12.7. The zero-order valence-electron chi connectivity index (χ0n) is 10.1. The van der Waals surface area contributed by atoms with Crippen molar-refractivity contribution in [3.8, 4) is 16.9 Å². The maximum Gasteiger partial charge on any atom is 0.123 e. The van der Waals surface area contributed by atoms with Gasteiger partial charge in [0.2, 0.25) is 0 Å². The van der Waals surface area contributed by atoms with Gasteiger partial charge in [-0.05, 0) is 42.3 Å². The van der Waals surface area contributed by atoms with Crippen LogP contribution in [-0.2, 0) is 6.42 Å². The largest absolute Gasteiger partial charge is 0.490 e. The number of nitrogens with two attached hydrogens (primary N) is 1. The van der Waals surface area contributed by atoms with Crippen LogP contribution >= 0.6 is 11.6 Å². The summed E-state index contributed by atoms with van der Waals surface area (Å²) in [6.07, 6.45) is 1.22. The Labute approximate surface area is 111 Å². The minimum Gasteiger partial charge on any atom is -0.490 e. The van der Waals surface area contributed by atoms with Crippen LogP contribution in [0, 0.1) is 0 Å². The van der Waals surface area contributed by atoms with Crippen LogP contribution in [0.15, 0.2) is 36.4 Å². The average molecular weight is 260 g/mol. The third kappa shape index (κ3) is 1.93. The van der Waals surface area contributed by atoms with E-state index < -0.39 is 0 Å². The molecular weight excluding hydrogens is 246 g/mol. The number of hydrogen-bond acceptors (Lipinski definition) is 2. The van der Waals surface area contributed by atoms with Crippen LogP contribution in [0.2, 0.25) is 5.02 Å². The van der Waals surface area contributed by atoms with Gasteiger partial charge < -0.3 is 10.5 Å². The molecule has 2 aromatic carbocycles. The van der Waals surface area contributed by atoms with Crippen molar-refractivity contribution in [3.05, 3.63) is 47.0 Å². The second-order valence-electron chi connectivity index (χ2n) is 4.69. The third-order valence-electron chi connectivity index (χ3n) is 3.20. The Morgan fingerprint density at radius 3 is 2.83 bits per heavy atom. The predicted molar refractivity (Wildman–Crippen MR) is 75.1 cm³/mol. The van der Waals surface area contributed by atoms with Gasteiger partial charge in [-0.25, -0.2) is 0 Å². The molecule has 3 heteroatoms. The van der Waals surface area contributed by atoms with E-state index in [9.17, 15) is 0 Å². The monoisotopic (exact) mass is 259 g/mol. The van der Waals surface area contributed by atoms with Gasteiger partial charge in [0.05, 0.1) is 5.02 Å². The van der Waals surface area contributed by atoms with E-state index in [1.54, 1.807) is 6.07 Å². The van der Waals surface area contributed by atoms with Gasteiger partial charge in [-0.1, -0.05) is 23.7 Å². The lowest BCUT2D eigenvalue weighted by Gasteiger charge is -2.07. The summed E-state index contributed by atoms with van der Waals surface area (Å²) in [6, 6.07) is 11.8. The van der Waals surface area contributed by atoms with E-state index in [0.717, 1.165) is 23.3 Å². The maximum atomic E-state index is 6.23. The molecule has 0 amide bonds. The molecule has 92 valence electrons. The Morgan fingerprint density at radius 1 is 1.22 bits per heavy atom. The summed E-state index contributed by atoms with van der Waals surface area (Å²) in [5, 5.41) is 0.682. The second kappa shape index (κ2) is 4.21. The number of benzene rings is 2. The number of halogens is 1. The Bertz CT molecular complexity index is 609. The highest BCUT2D eigenvalue weighted by molar-refractivity contribution is 6.33. The molecule has 0 radical (unpaired) electrons. The van der Waals surface area contributed by atoms with Crippen LogP contribution in [0.1, 0.15) is 12.5 Å². The fourth-order valence-corrected chi connectivity index (χ4v) is 2.65. The smallest absolute Gasteiger partial charge is 0.123 e. The molecule has 0 aromatic heterocycles. The van der Waals surface area contributed by atoms with Crippen molar-refractivity contribution in [2.45, 2.75) is 19.4 Å². The molecule has 0 saturated carbocycles. The molecule has 1 aliphatic rings. The Kier molecular flexibility index (Phi) is 2.67. The van der Waals surface area contributed by atoms with Crippen molar-refractivity contribution in [3.63, 3.8) is 0 Å². The topological polar surface area (TPSA) is 35.2 Å². The number of fused-ring (bicyclic) bond motifs is 1. The van der Waals surface area contributed by atoms with Gasteiger partial charge in [-0.3, -0.25) is 0 Å². The Morgan fingerprint density at radius 2 is 2.06 bits per heavy atom. The maximum absolute atomic E-state index is 6.23. The molecule has 2 aromatic rings. The average Bonchev–Trinajstić information content (AvgIpc) is 2.68. The van der Waals surface area contributed by atoms with Crippen LogP contribution in [0.3, 0.4) is 0 Å². The summed E-state index contributed by atoms with van der Waals surface area (Å²) in [4.78, 5) is 0. The van der Waals surface area contributed by atoms with Gasteiger partial charge in [0, 0.05) is 17.7 Å². The summed E-state index contributed by atoms with van der Waals surface area (Å²) in [5.41, 5.74) is 9.75. The molecule has 0 spiro atoms. The molecule has 2 nitrogen and oxygen atoms in total. The van der Waals surface area contributed by atoms with E-state index in [2.05, 4.69) is 13.0 Å². The molecule has 1 atom stereocenters. The normalized spacial score (nSPS) is 17.3. The molecule has 18 heavy (non-hydrogen) atoms. The molecule has 3 rings (SSSR count). The standard InChI is InChI=1S/C15H14ClNO/c1-9-6-11-7-10(2-5-15(11)18-9)13-4-3-12(17)8-14(13)16/h2-5,7-9H,6,17H2,1H3. The van der Waals surface area contributed by atoms with Gasteiger partial charge in [0.1, 0.15) is 11.9 Å². The minimum atomic E-state index is 0.261. The molecule has 0 saturated heterocycles. The van der Waals surface area contributed by atoms with Crippen molar-refractivity contribution in [1.82, 2.24) is 0 Å². The molecule has 1 heterocycles. The molecular formula is C15H14ClNO. The highest BCUT2D eigenvalue weighted by Gasteiger charge is 2.19. The number of ether oxygens (including phenoxy) is 1. The number of rotatable bonds is 1. The van der Waals surface area contributed by atoms with Crippen LogP contribution in [0.25, 0.3) is 11.1 Å². The van der Waals surface area contributed by atoms with Crippen molar-refractivity contribution in [2.75, 3.05) is 5.73 Å². The third-order valence-corrected chi connectivity index (χ3v) is 3.51. The summed E-state index contributed by atoms with van der Waals surface area (Å²) < 4.78 is 5.69. The first-order chi connectivity index (χ1) is 8.63.